The molecule has 0 aromatic heterocycles. The minimum Gasteiger partial charge on any atom is -0.350 e. The van der Waals surface area contributed by atoms with Crippen molar-refractivity contribution in [3.63, 3.8) is 0 Å². The first kappa shape index (κ1) is 11.8. The molecule has 82 valence electrons. The molecule has 2 N–H and O–H groups in total. The molecule has 0 unspecified atom stereocenters. The zero-order chi connectivity index (χ0) is 11.4. The van der Waals surface area contributed by atoms with Crippen molar-refractivity contribution >= 4 is 23.3 Å². The smallest absolute Gasteiger partial charge is 0.334 e. The lowest BCUT2D eigenvalue weighted by molar-refractivity contribution is 0.239. The Hall–Kier alpha value is -1.26. The first-order valence-corrected chi connectivity index (χ1v) is 5.02. The fraction of sp³-hybridized carbons (Fsp3) is 0.300. The van der Waals surface area contributed by atoms with Gasteiger partial charge in [0.2, 0.25) is 0 Å². The monoisotopic (exact) mass is 227 g/mol. The van der Waals surface area contributed by atoms with Crippen LogP contribution in [0.25, 0.3) is 0 Å². The second-order valence-electron chi connectivity index (χ2n) is 3.26. The third-order valence-electron chi connectivity index (χ3n) is 1.97. The number of hydrazine groups is 1. The van der Waals surface area contributed by atoms with Crippen LogP contribution in [-0.2, 0) is 5.88 Å². The summed E-state index contributed by atoms with van der Waals surface area (Å²) in [7, 11) is 3.49. The first-order chi connectivity index (χ1) is 7.07. The highest BCUT2D eigenvalue weighted by atomic mass is 35.5. The van der Waals surface area contributed by atoms with Crippen molar-refractivity contribution in [2.75, 3.05) is 19.1 Å². The summed E-state index contributed by atoms with van der Waals surface area (Å²) >= 11 is 5.79. The maximum atomic E-state index is 11.3. The van der Waals surface area contributed by atoms with Gasteiger partial charge >= 0.3 is 6.03 Å². The first-order valence-electron chi connectivity index (χ1n) is 4.48. The molecule has 0 bridgehead atoms. The van der Waals surface area contributed by atoms with Gasteiger partial charge in [-0.3, -0.25) is 0 Å². The summed E-state index contributed by atoms with van der Waals surface area (Å²) in [6.07, 6.45) is 0. The zero-order valence-electron chi connectivity index (χ0n) is 8.77. The number of alkyl halides is 1. The number of rotatable bonds is 3. The fourth-order valence-electron chi connectivity index (χ4n) is 1.36. The second kappa shape index (κ2) is 5.00. The molecular weight excluding hydrogens is 214 g/mol. The van der Waals surface area contributed by atoms with Gasteiger partial charge in [-0.1, -0.05) is 18.2 Å². The molecule has 0 aliphatic carbocycles. The maximum Gasteiger partial charge on any atom is 0.334 e. The summed E-state index contributed by atoms with van der Waals surface area (Å²) in [4.78, 5) is 11.3. The molecule has 0 spiro atoms. The lowest BCUT2D eigenvalue weighted by Gasteiger charge is -2.28. The van der Waals surface area contributed by atoms with Gasteiger partial charge < -0.3 is 5.73 Å². The van der Waals surface area contributed by atoms with Crippen molar-refractivity contribution in [3.05, 3.63) is 29.8 Å². The van der Waals surface area contributed by atoms with Crippen LogP contribution in [0.3, 0.4) is 0 Å². The number of benzene rings is 1. The van der Waals surface area contributed by atoms with E-state index in [1.54, 1.807) is 19.1 Å². The highest BCUT2D eigenvalue weighted by Crippen LogP contribution is 2.22. The third-order valence-corrected chi connectivity index (χ3v) is 2.26. The number of carbonyl (C=O) groups is 1. The molecule has 0 saturated heterocycles. The van der Waals surface area contributed by atoms with Gasteiger partial charge in [0.1, 0.15) is 0 Å². The highest BCUT2D eigenvalue weighted by Gasteiger charge is 2.17. The van der Waals surface area contributed by atoms with Crippen LogP contribution in [0.1, 0.15) is 5.56 Å². The predicted molar refractivity (Wildman–Crippen MR) is 61.7 cm³/mol. The standard InChI is InChI=1S/C10H14ClN3O/c1-13(2)14(10(12)15)9-6-4-3-5-8(9)7-11/h3-6H,7H2,1-2H3,(H2,12,15). The molecule has 0 heterocycles. The summed E-state index contributed by atoms with van der Waals surface area (Å²) < 4.78 is 0. The van der Waals surface area contributed by atoms with Gasteiger partial charge in [0.15, 0.2) is 0 Å². The van der Waals surface area contributed by atoms with E-state index < -0.39 is 6.03 Å². The number of amides is 2. The summed E-state index contributed by atoms with van der Waals surface area (Å²) in [6, 6.07) is 6.85. The van der Waals surface area contributed by atoms with Crippen LogP contribution < -0.4 is 10.7 Å². The normalized spacial score (nSPS) is 10.4. The number of carbonyl (C=O) groups excluding carboxylic acids is 1. The number of nitrogens with two attached hydrogens (primary N) is 1. The van der Waals surface area contributed by atoms with E-state index in [0.29, 0.717) is 11.6 Å². The summed E-state index contributed by atoms with van der Waals surface area (Å²) in [5.41, 5.74) is 6.88. The molecule has 0 saturated carbocycles. The number of primary amides is 1. The predicted octanol–water partition coefficient (Wildman–Crippen LogP) is 1.79. The van der Waals surface area contributed by atoms with Gasteiger partial charge in [-0.05, 0) is 11.6 Å². The molecule has 15 heavy (non-hydrogen) atoms. The van der Waals surface area contributed by atoms with E-state index >= 15 is 0 Å². The van der Waals surface area contributed by atoms with Gasteiger partial charge in [-0.2, -0.15) is 0 Å². The minimum atomic E-state index is -0.530. The SMILES string of the molecule is CN(C)N(C(N)=O)c1ccccc1CCl. The number of para-hydroxylation sites is 1. The molecule has 4 nitrogen and oxygen atoms in total. The van der Waals surface area contributed by atoms with Gasteiger partial charge in [-0.25, -0.2) is 14.8 Å². The molecular formula is C10H14ClN3O. The van der Waals surface area contributed by atoms with Gasteiger partial charge in [0, 0.05) is 20.0 Å². The van der Waals surface area contributed by atoms with Crippen molar-refractivity contribution in [1.82, 2.24) is 5.01 Å². The number of nitrogens with zero attached hydrogens (tertiary/aromatic N) is 2. The van der Waals surface area contributed by atoms with Crippen molar-refractivity contribution < 1.29 is 4.79 Å². The number of hydrogen-bond acceptors (Lipinski definition) is 2. The van der Waals surface area contributed by atoms with E-state index in [1.807, 2.05) is 24.3 Å². The average molecular weight is 228 g/mol. The maximum absolute atomic E-state index is 11.3. The minimum absolute atomic E-state index is 0.341. The van der Waals surface area contributed by atoms with E-state index in [4.69, 9.17) is 17.3 Å². The van der Waals surface area contributed by atoms with Crippen molar-refractivity contribution in [3.8, 4) is 0 Å². The second-order valence-corrected chi connectivity index (χ2v) is 3.53. The largest absolute Gasteiger partial charge is 0.350 e. The molecule has 0 atom stereocenters. The molecule has 0 aliphatic heterocycles. The average Bonchev–Trinajstić information content (AvgIpc) is 2.17. The Labute approximate surface area is 94.2 Å². The van der Waals surface area contributed by atoms with E-state index in [0.717, 1.165) is 5.56 Å². The van der Waals surface area contributed by atoms with Gasteiger partial charge in [0.05, 0.1) is 5.69 Å². The van der Waals surface area contributed by atoms with E-state index in [2.05, 4.69) is 0 Å². The summed E-state index contributed by atoms with van der Waals surface area (Å²) in [6.45, 7) is 0. The van der Waals surface area contributed by atoms with Crippen LogP contribution in [0, 0.1) is 0 Å². The van der Waals surface area contributed by atoms with Crippen molar-refractivity contribution in [2.45, 2.75) is 5.88 Å². The highest BCUT2D eigenvalue weighted by molar-refractivity contribution is 6.17. The quantitative estimate of drug-likeness (QED) is 0.632. The third kappa shape index (κ3) is 2.61. The van der Waals surface area contributed by atoms with E-state index in [1.165, 1.54) is 5.01 Å². The Bertz CT molecular complexity index is 354. The Morgan fingerprint density at radius 2 is 2.00 bits per heavy atom. The van der Waals surface area contributed by atoms with E-state index in [-0.39, 0.29) is 0 Å². The number of urea groups is 1. The van der Waals surface area contributed by atoms with Crippen LogP contribution >= 0.6 is 11.6 Å². The van der Waals surface area contributed by atoms with Gasteiger partial charge in [0.25, 0.3) is 0 Å². The van der Waals surface area contributed by atoms with Crippen LogP contribution in [0.2, 0.25) is 0 Å². The van der Waals surface area contributed by atoms with E-state index in [9.17, 15) is 4.79 Å². The molecule has 0 fully saturated rings. The lowest BCUT2D eigenvalue weighted by Crippen LogP contribution is -2.45. The molecule has 5 heteroatoms. The Morgan fingerprint density at radius 3 is 2.47 bits per heavy atom. The number of anilines is 1. The number of halogens is 1. The zero-order valence-corrected chi connectivity index (χ0v) is 9.53. The topological polar surface area (TPSA) is 49.6 Å². The Kier molecular flexibility index (Phi) is 3.94. The molecule has 1 rings (SSSR count). The van der Waals surface area contributed by atoms with Crippen molar-refractivity contribution in [2.24, 2.45) is 5.73 Å². The van der Waals surface area contributed by atoms with Crippen molar-refractivity contribution in [1.29, 1.82) is 0 Å². The fourth-order valence-corrected chi connectivity index (χ4v) is 1.59. The Balaban J connectivity index is 3.16. The number of hydrogen-bond donors (Lipinski definition) is 1. The lowest BCUT2D eigenvalue weighted by atomic mass is 10.2. The van der Waals surface area contributed by atoms with Crippen LogP contribution in [-0.4, -0.2) is 25.1 Å². The molecule has 1 aromatic carbocycles. The summed E-state index contributed by atoms with van der Waals surface area (Å²) in [5, 5.41) is 2.99. The molecule has 0 radical (unpaired) electrons. The van der Waals surface area contributed by atoms with Crippen LogP contribution in [0.4, 0.5) is 10.5 Å². The van der Waals surface area contributed by atoms with Gasteiger partial charge in [-0.15, -0.1) is 11.6 Å². The molecule has 0 aliphatic rings. The molecule has 1 aromatic rings. The van der Waals surface area contributed by atoms with Crippen LogP contribution in [0.5, 0.6) is 0 Å². The molecule has 2 amide bonds. The summed E-state index contributed by atoms with van der Waals surface area (Å²) in [5.74, 6) is 0.341. The van der Waals surface area contributed by atoms with Crippen LogP contribution in [0.15, 0.2) is 24.3 Å². The Morgan fingerprint density at radius 1 is 1.40 bits per heavy atom.